The number of aryl methyl sites for hydroxylation is 1. The van der Waals surface area contributed by atoms with Gasteiger partial charge in [-0.05, 0) is 44.2 Å². The van der Waals surface area contributed by atoms with Crippen molar-refractivity contribution in [1.82, 2.24) is 9.80 Å². The number of rotatable bonds is 3. The number of carbonyl (C=O) groups is 3. The van der Waals surface area contributed by atoms with Crippen molar-refractivity contribution in [2.45, 2.75) is 40.2 Å². The zero-order chi connectivity index (χ0) is 19.0. The largest absolute Gasteiger partial charge is 0.341 e. The fourth-order valence-corrected chi connectivity index (χ4v) is 4.01. The van der Waals surface area contributed by atoms with Gasteiger partial charge in [0.15, 0.2) is 0 Å². The Kier molecular flexibility index (Phi) is 5.03. The summed E-state index contributed by atoms with van der Waals surface area (Å²) in [5.41, 5.74) is 1.76. The molecule has 2 aliphatic heterocycles. The van der Waals surface area contributed by atoms with Crippen molar-refractivity contribution < 1.29 is 14.4 Å². The van der Waals surface area contributed by atoms with Crippen LogP contribution in [-0.2, 0) is 9.59 Å². The van der Waals surface area contributed by atoms with Crippen molar-refractivity contribution in [2.75, 3.05) is 24.5 Å². The van der Waals surface area contributed by atoms with Crippen molar-refractivity contribution >= 4 is 23.5 Å². The van der Waals surface area contributed by atoms with E-state index in [1.54, 1.807) is 11.8 Å². The maximum atomic E-state index is 12.8. The highest BCUT2D eigenvalue weighted by atomic mass is 16.2. The molecular weight excluding hydrogens is 330 g/mol. The van der Waals surface area contributed by atoms with Gasteiger partial charge in [0.05, 0.1) is 0 Å². The molecule has 1 aromatic rings. The van der Waals surface area contributed by atoms with Crippen molar-refractivity contribution in [3.63, 3.8) is 0 Å². The van der Waals surface area contributed by atoms with E-state index in [1.165, 1.54) is 4.90 Å². The smallest absolute Gasteiger partial charge is 0.332 e. The molecular formula is C20H27N3O3. The number of piperidine rings is 1. The summed E-state index contributed by atoms with van der Waals surface area (Å²) >= 11 is 0. The summed E-state index contributed by atoms with van der Waals surface area (Å²) in [5, 5.41) is 0. The molecule has 0 spiro atoms. The van der Waals surface area contributed by atoms with Crippen LogP contribution in [0.4, 0.5) is 10.5 Å². The number of likely N-dealkylation sites (tertiary alicyclic amines) is 1. The van der Waals surface area contributed by atoms with E-state index in [0.717, 1.165) is 16.9 Å². The minimum Gasteiger partial charge on any atom is -0.341 e. The summed E-state index contributed by atoms with van der Waals surface area (Å²) in [7, 11) is 0. The van der Waals surface area contributed by atoms with Crippen LogP contribution in [0, 0.1) is 18.8 Å². The molecule has 2 aliphatic rings. The highest BCUT2D eigenvalue weighted by Crippen LogP contribution is 2.27. The number of hydrogen-bond donors (Lipinski definition) is 0. The Morgan fingerprint density at radius 3 is 2.19 bits per heavy atom. The summed E-state index contributed by atoms with van der Waals surface area (Å²) in [6.45, 7) is 9.13. The number of anilines is 1. The SMILES string of the molecule is Cc1ccc(N2C(=O)N(CC(=O)N3C[C@@H](C)C[C@H](C)C3)C(=O)[C@@H]2C)cc1. The third-order valence-electron chi connectivity index (χ3n) is 5.27. The lowest BCUT2D eigenvalue weighted by molar-refractivity contribution is -0.139. The van der Waals surface area contributed by atoms with Crippen molar-refractivity contribution in [3.05, 3.63) is 29.8 Å². The van der Waals surface area contributed by atoms with E-state index in [-0.39, 0.29) is 18.4 Å². The second-order valence-electron chi connectivity index (χ2n) is 7.83. The molecule has 1 aromatic carbocycles. The molecule has 2 saturated heterocycles. The maximum Gasteiger partial charge on any atom is 0.332 e. The second-order valence-corrected chi connectivity index (χ2v) is 7.83. The fourth-order valence-electron chi connectivity index (χ4n) is 4.01. The van der Waals surface area contributed by atoms with Crippen LogP contribution < -0.4 is 4.90 Å². The predicted octanol–water partition coefficient (Wildman–Crippen LogP) is 2.66. The minimum atomic E-state index is -0.600. The quantitative estimate of drug-likeness (QED) is 0.782. The minimum absolute atomic E-state index is 0.150. The first-order valence-corrected chi connectivity index (χ1v) is 9.27. The average Bonchev–Trinajstić information content (AvgIpc) is 2.78. The third-order valence-corrected chi connectivity index (χ3v) is 5.27. The molecule has 4 amide bonds. The molecule has 0 bridgehead atoms. The molecule has 26 heavy (non-hydrogen) atoms. The second kappa shape index (κ2) is 7.09. The molecule has 0 radical (unpaired) electrons. The van der Waals surface area contributed by atoms with Crippen LogP contribution >= 0.6 is 0 Å². The zero-order valence-corrected chi connectivity index (χ0v) is 15.9. The standard InChI is InChI=1S/C20H27N3O3/c1-13-5-7-17(8-6-13)23-16(4)19(25)22(20(23)26)12-18(24)21-10-14(2)9-15(3)11-21/h5-8,14-16H,9-12H2,1-4H3/t14-,15-,16-/m0/s1. The predicted molar refractivity (Wildman–Crippen MR) is 99.8 cm³/mol. The van der Waals surface area contributed by atoms with Gasteiger partial charge in [0.1, 0.15) is 12.6 Å². The Morgan fingerprint density at radius 2 is 1.62 bits per heavy atom. The van der Waals surface area contributed by atoms with Gasteiger partial charge in [0.25, 0.3) is 5.91 Å². The number of urea groups is 1. The lowest BCUT2D eigenvalue weighted by atomic mass is 9.92. The third kappa shape index (κ3) is 3.45. The topological polar surface area (TPSA) is 60.9 Å². The molecule has 2 heterocycles. The molecule has 3 atom stereocenters. The highest BCUT2D eigenvalue weighted by Gasteiger charge is 2.44. The van der Waals surface area contributed by atoms with E-state index >= 15 is 0 Å². The Hall–Kier alpha value is -2.37. The van der Waals surface area contributed by atoms with E-state index in [0.29, 0.717) is 30.6 Å². The normalized spacial score (nSPS) is 26.6. The van der Waals surface area contributed by atoms with Gasteiger partial charge in [0, 0.05) is 18.8 Å². The molecule has 0 aromatic heterocycles. The first-order valence-electron chi connectivity index (χ1n) is 9.27. The number of carbonyl (C=O) groups excluding carboxylic acids is 3. The highest BCUT2D eigenvalue weighted by molar-refractivity contribution is 6.15. The van der Waals surface area contributed by atoms with Gasteiger partial charge in [0.2, 0.25) is 5.91 Å². The summed E-state index contributed by atoms with van der Waals surface area (Å²) in [6, 6.07) is 6.45. The van der Waals surface area contributed by atoms with Crippen LogP contribution in [0.1, 0.15) is 32.8 Å². The molecule has 140 valence electrons. The van der Waals surface area contributed by atoms with Gasteiger partial charge in [-0.15, -0.1) is 0 Å². The van der Waals surface area contributed by atoms with Crippen LogP contribution in [0.5, 0.6) is 0 Å². The molecule has 2 fully saturated rings. The molecule has 6 nitrogen and oxygen atoms in total. The summed E-state index contributed by atoms with van der Waals surface area (Å²) in [6.07, 6.45) is 1.10. The molecule has 0 N–H and O–H groups in total. The lowest BCUT2D eigenvalue weighted by Gasteiger charge is -2.35. The monoisotopic (exact) mass is 357 g/mol. The van der Waals surface area contributed by atoms with Crippen LogP contribution in [-0.4, -0.2) is 53.3 Å². The first kappa shape index (κ1) is 18.4. The average molecular weight is 357 g/mol. The summed E-state index contributed by atoms with van der Waals surface area (Å²) < 4.78 is 0. The fraction of sp³-hybridized carbons (Fsp3) is 0.550. The number of imide groups is 1. The van der Waals surface area contributed by atoms with Gasteiger partial charge in [-0.2, -0.15) is 0 Å². The van der Waals surface area contributed by atoms with Gasteiger partial charge >= 0.3 is 6.03 Å². The van der Waals surface area contributed by atoms with Crippen LogP contribution in [0.3, 0.4) is 0 Å². The number of benzene rings is 1. The zero-order valence-electron chi connectivity index (χ0n) is 15.9. The van der Waals surface area contributed by atoms with Gasteiger partial charge in [-0.1, -0.05) is 31.5 Å². The molecule has 0 unspecified atom stereocenters. The molecule has 0 aliphatic carbocycles. The van der Waals surface area contributed by atoms with Crippen molar-refractivity contribution in [2.24, 2.45) is 11.8 Å². The van der Waals surface area contributed by atoms with Gasteiger partial charge in [-0.3, -0.25) is 19.4 Å². The van der Waals surface area contributed by atoms with Crippen molar-refractivity contribution in [3.8, 4) is 0 Å². The summed E-state index contributed by atoms with van der Waals surface area (Å²) in [5.74, 6) is 0.413. The van der Waals surface area contributed by atoms with Crippen molar-refractivity contribution in [1.29, 1.82) is 0 Å². The van der Waals surface area contributed by atoms with Crippen LogP contribution in [0.15, 0.2) is 24.3 Å². The number of amides is 4. The maximum absolute atomic E-state index is 12.8. The number of hydrogen-bond acceptors (Lipinski definition) is 3. The van der Waals surface area contributed by atoms with E-state index in [9.17, 15) is 14.4 Å². The van der Waals surface area contributed by atoms with Gasteiger partial charge < -0.3 is 4.90 Å². The van der Waals surface area contributed by atoms with E-state index in [4.69, 9.17) is 0 Å². The van der Waals surface area contributed by atoms with Crippen LogP contribution in [0.2, 0.25) is 0 Å². The molecule has 0 saturated carbocycles. The Labute approximate surface area is 154 Å². The molecule has 6 heteroatoms. The van der Waals surface area contributed by atoms with Gasteiger partial charge in [-0.25, -0.2) is 4.79 Å². The first-order chi connectivity index (χ1) is 12.3. The Balaban J connectivity index is 1.74. The van der Waals surface area contributed by atoms with E-state index in [2.05, 4.69) is 13.8 Å². The van der Waals surface area contributed by atoms with E-state index in [1.807, 2.05) is 31.2 Å². The number of nitrogens with zero attached hydrogens (tertiary/aromatic N) is 3. The molecule has 3 rings (SSSR count). The van der Waals surface area contributed by atoms with E-state index < -0.39 is 12.1 Å². The summed E-state index contributed by atoms with van der Waals surface area (Å²) in [4.78, 5) is 42.5. The van der Waals surface area contributed by atoms with Crippen LogP contribution in [0.25, 0.3) is 0 Å². The lowest BCUT2D eigenvalue weighted by Crippen LogP contribution is -2.48. The Bertz CT molecular complexity index is 706. The Morgan fingerprint density at radius 1 is 1.04 bits per heavy atom.